The molecule has 0 amide bonds. The molecule has 2 aromatic heterocycles. The topological polar surface area (TPSA) is 53.6 Å². The third-order valence-corrected chi connectivity index (χ3v) is 4.25. The molecule has 1 atom stereocenters. The highest BCUT2D eigenvalue weighted by atomic mass is 14.9. The van der Waals surface area contributed by atoms with Crippen molar-refractivity contribution in [3.8, 4) is 0 Å². The van der Waals surface area contributed by atoms with E-state index in [4.69, 9.17) is 0 Å². The molecule has 0 aliphatic heterocycles. The minimum absolute atomic E-state index is 0.532. The van der Waals surface area contributed by atoms with Crippen molar-refractivity contribution in [1.29, 1.82) is 0 Å². The maximum atomic E-state index is 4.16. The number of nitrogens with zero attached hydrogens (tertiary/aromatic N) is 2. The number of hydrogen-bond acceptors (Lipinski definition) is 3. The number of H-pyrrole nitrogens is 1. The van der Waals surface area contributed by atoms with Crippen molar-refractivity contribution in [3.63, 3.8) is 0 Å². The first kappa shape index (κ1) is 15.7. The maximum Gasteiger partial charge on any atom is 0.0921 e. The molecule has 0 spiro atoms. The molecule has 3 rings (SSSR count). The number of unbranched alkanes of at least 4 members (excludes halogenated alkanes) is 1. The molecular formula is C19H24N4. The number of imidazole rings is 1. The van der Waals surface area contributed by atoms with Crippen LogP contribution in [-0.2, 0) is 13.0 Å². The van der Waals surface area contributed by atoms with Gasteiger partial charge in [0.2, 0.25) is 0 Å². The molecule has 4 nitrogen and oxygen atoms in total. The Morgan fingerprint density at radius 2 is 2.04 bits per heavy atom. The van der Waals surface area contributed by atoms with E-state index < -0.39 is 0 Å². The van der Waals surface area contributed by atoms with Gasteiger partial charge in [-0.05, 0) is 49.3 Å². The third-order valence-electron chi connectivity index (χ3n) is 4.25. The quantitative estimate of drug-likeness (QED) is 0.621. The molecule has 0 aliphatic rings. The van der Waals surface area contributed by atoms with Crippen LogP contribution in [0.1, 0.15) is 37.4 Å². The van der Waals surface area contributed by atoms with Gasteiger partial charge in [0, 0.05) is 42.3 Å². The highest BCUT2D eigenvalue weighted by Crippen LogP contribution is 2.14. The smallest absolute Gasteiger partial charge is 0.0921 e. The summed E-state index contributed by atoms with van der Waals surface area (Å²) in [4.78, 5) is 11.4. The molecule has 0 radical (unpaired) electrons. The van der Waals surface area contributed by atoms with E-state index >= 15 is 0 Å². The Bertz CT molecular complexity index is 721. The van der Waals surface area contributed by atoms with Crippen LogP contribution in [0.25, 0.3) is 10.8 Å². The first-order valence-corrected chi connectivity index (χ1v) is 8.34. The van der Waals surface area contributed by atoms with E-state index in [-0.39, 0.29) is 0 Å². The normalized spacial score (nSPS) is 12.6. The van der Waals surface area contributed by atoms with Gasteiger partial charge in [0.25, 0.3) is 0 Å². The van der Waals surface area contributed by atoms with Crippen LogP contribution in [0.5, 0.6) is 0 Å². The predicted molar refractivity (Wildman–Crippen MR) is 94.2 cm³/mol. The predicted octanol–water partition coefficient (Wildman–Crippen LogP) is 3.85. The second-order valence-electron chi connectivity index (χ2n) is 6.16. The number of pyridine rings is 1. The molecular weight excluding hydrogens is 284 g/mol. The summed E-state index contributed by atoms with van der Waals surface area (Å²) in [6.45, 7) is 3.18. The monoisotopic (exact) mass is 308 g/mol. The van der Waals surface area contributed by atoms with E-state index in [9.17, 15) is 0 Å². The second-order valence-corrected chi connectivity index (χ2v) is 6.16. The molecule has 0 unspecified atom stereocenters. The van der Waals surface area contributed by atoms with E-state index in [0.29, 0.717) is 6.04 Å². The minimum atomic E-state index is 0.532. The summed E-state index contributed by atoms with van der Waals surface area (Å²) >= 11 is 0. The lowest BCUT2D eigenvalue weighted by molar-refractivity contribution is 0.488. The zero-order chi connectivity index (χ0) is 15.9. The Balaban J connectivity index is 1.40. The minimum Gasteiger partial charge on any atom is -0.348 e. The first-order chi connectivity index (χ1) is 11.3. The largest absolute Gasteiger partial charge is 0.348 e. The molecule has 0 aliphatic carbocycles. The maximum absolute atomic E-state index is 4.16. The Morgan fingerprint density at radius 1 is 1.09 bits per heavy atom. The van der Waals surface area contributed by atoms with Gasteiger partial charge in [0.1, 0.15) is 0 Å². The Labute approximate surface area is 137 Å². The second kappa shape index (κ2) is 7.88. The molecule has 0 saturated heterocycles. The summed E-state index contributed by atoms with van der Waals surface area (Å²) in [7, 11) is 0. The molecule has 3 aromatic rings. The number of benzene rings is 1. The number of hydrogen-bond donors (Lipinski definition) is 2. The van der Waals surface area contributed by atoms with E-state index in [1.165, 1.54) is 41.3 Å². The number of nitrogens with one attached hydrogen (secondary N) is 2. The van der Waals surface area contributed by atoms with Crippen molar-refractivity contribution >= 4 is 10.8 Å². The van der Waals surface area contributed by atoms with Gasteiger partial charge in [-0.3, -0.25) is 4.98 Å². The van der Waals surface area contributed by atoms with Crippen LogP contribution in [0.3, 0.4) is 0 Å². The average molecular weight is 308 g/mol. The van der Waals surface area contributed by atoms with Gasteiger partial charge >= 0.3 is 0 Å². The summed E-state index contributed by atoms with van der Waals surface area (Å²) in [6.07, 6.45) is 12.2. The lowest BCUT2D eigenvalue weighted by atomic mass is 10.1. The van der Waals surface area contributed by atoms with Crippen LogP contribution in [0.4, 0.5) is 0 Å². The molecule has 2 heterocycles. The Kier molecular flexibility index (Phi) is 5.37. The van der Waals surface area contributed by atoms with Crippen molar-refractivity contribution in [3.05, 3.63) is 60.4 Å². The summed E-state index contributed by atoms with van der Waals surface area (Å²) < 4.78 is 0. The molecule has 4 heteroatoms. The van der Waals surface area contributed by atoms with Crippen LogP contribution in [-0.4, -0.2) is 21.0 Å². The third kappa shape index (κ3) is 4.63. The summed E-state index contributed by atoms with van der Waals surface area (Å²) in [5, 5.41) is 6.07. The molecule has 23 heavy (non-hydrogen) atoms. The zero-order valence-corrected chi connectivity index (χ0v) is 13.6. The molecule has 1 aromatic carbocycles. The number of aromatic nitrogens is 3. The number of aromatic amines is 1. The van der Waals surface area contributed by atoms with Crippen molar-refractivity contribution in [2.24, 2.45) is 0 Å². The fraction of sp³-hybridized carbons (Fsp3) is 0.368. The van der Waals surface area contributed by atoms with Crippen LogP contribution in [0.15, 0.2) is 49.2 Å². The summed E-state index contributed by atoms with van der Waals surface area (Å²) in [5.41, 5.74) is 2.56. The number of aryl methyl sites for hydroxylation is 1. The van der Waals surface area contributed by atoms with Gasteiger partial charge in [-0.25, -0.2) is 4.98 Å². The first-order valence-electron chi connectivity index (χ1n) is 8.34. The zero-order valence-electron chi connectivity index (χ0n) is 13.6. The van der Waals surface area contributed by atoms with E-state index in [1.54, 1.807) is 6.33 Å². The highest BCUT2D eigenvalue weighted by molar-refractivity contribution is 5.81. The molecule has 0 bridgehead atoms. The van der Waals surface area contributed by atoms with Gasteiger partial charge in [-0.1, -0.05) is 18.6 Å². The van der Waals surface area contributed by atoms with Crippen LogP contribution < -0.4 is 5.32 Å². The van der Waals surface area contributed by atoms with E-state index in [0.717, 1.165) is 13.0 Å². The van der Waals surface area contributed by atoms with Gasteiger partial charge in [0.05, 0.1) is 6.33 Å². The molecule has 0 fully saturated rings. The van der Waals surface area contributed by atoms with Gasteiger partial charge < -0.3 is 10.3 Å². The highest BCUT2D eigenvalue weighted by Gasteiger charge is 2.03. The SMILES string of the molecule is C[C@H](CCCCc1cnc[nH]1)NCc1ccc2cnccc2c1. The van der Waals surface area contributed by atoms with Crippen molar-refractivity contribution in [2.45, 2.75) is 45.2 Å². The van der Waals surface area contributed by atoms with Crippen molar-refractivity contribution in [1.82, 2.24) is 20.3 Å². The van der Waals surface area contributed by atoms with Crippen molar-refractivity contribution in [2.75, 3.05) is 0 Å². The van der Waals surface area contributed by atoms with Crippen molar-refractivity contribution < 1.29 is 0 Å². The Hall–Kier alpha value is -2.20. The van der Waals surface area contributed by atoms with Gasteiger partial charge in [-0.2, -0.15) is 0 Å². The van der Waals surface area contributed by atoms with Crippen LogP contribution in [0.2, 0.25) is 0 Å². The standard InChI is InChI=1S/C19H24N4/c1-15(4-2-3-5-19-13-21-14-23-19)22-11-16-6-7-18-12-20-9-8-17(18)10-16/h6-10,12-15,22H,2-5,11H2,1H3,(H,21,23)/t15-/m1/s1. The molecule has 120 valence electrons. The van der Waals surface area contributed by atoms with Gasteiger partial charge in [0.15, 0.2) is 0 Å². The molecule has 0 saturated carbocycles. The summed E-state index contributed by atoms with van der Waals surface area (Å²) in [5.74, 6) is 0. The number of fused-ring (bicyclic) bond motifs is 1. The number of rotatable bonds is 8. The fourth-order valence-electron chi connectivity index (χ4n) is 2.82. The van der Waals surface area contributed by atoms with E-state index in [1.807, 2.05) is 18.6 Å². The van der Waals surface area contributed by atoms with Crippen LogP contribution in [0, 0.1) is 0 Å². The Morgan fingerprint density at radius 3 is 2.91 bits per heavy atom. The lowest BCUT2D eigenvalue weighted by Gasteiger charge is -2.14. The van der Waals surface area contributed by atoms with Crippen LogP contribution >= 0.6 is 0 Å². The average Bonchev–Trinajstić information content (AvgIpc) is 3.10. The lowest BCUT2D eigenvalue weighted by Crippen LogP contribution is -2.25. The summed E-state index contributed by atoms with van der Waals surface area (Å²) in [6, 6.07) is 9.17. The van der Waals surface area contributed by atoms with Gasteiger partial charge in [-0.15, -0.1) is 0 Å². The fourth-order valence-corrected chi connectivity index (χ4v) is 2.82. The molecule has 2 N–H and O–H groups in total. The van der Waals surface area contributed by atoms with E-state index in [2.05, 4.69) is 51.5 Å².